The SMILES string of the molecule is CC(NC(=O)c1cccc2[nH]c(C(N)=O)nc12)c1ccc(S(C)(=O)=O)cc1. The molecule has 3 aromatic rings. The van der Waals surface area contributed by atoms with Crippen LogP contribution >= 0.6 is 0 Å². The molecule has 0 spiro atoms. The van der Waals surface area contributed by atoms with Gasteiger partial charge in [0.15, 0.2) is 15.7 Å². The van der Waals surface area contributed by atoms with Crippen LogP contribution in [0, 0.1) is 0 Å². The first kappa shape index (κ1) is 18.6. The standard InChI is InChI=1S/C18H18N4O4S/c1-10(11-6-8-12(9-7-11)27(2,25)26)20-18(24)13-4-3-5-14-15(13)22-17(21-14)16(19)23/h3-10H,1-2H3,(H2,19,23)(H,20,24)(H,21,22). The molecule has 0 saturated carbocycles. The fourth-order valence-corrected chi connectivity index (χ4v) is 3.32. The summed E-state index contributed by atoms with van der Waals surface area (Å²) in [6.07, 6.45) is 1.14. The summed E-state index contributed by atoms with van der Waals surface area (Å²) in [6.45, 7) is 1.78. The highest BCUT2D eigenvalue weighted by Gasteiger charge is 2.18. The maximum absolute atomic E-state index is 12.7. The van der Waals surface area contributed by atoms with E-state index in [-0.39, 0.29) is 22.7 Å². The second kappa shape index (κ2) is 6.84. The predicted octanol–water partition coefficient (Wildman–Crippen LogP) is 1.56. The van der Waals surface area contributed by atoms with Gasteiger partial charge in [0.25, 0.3) is 11.8 Å². The van der Waals surface area contributed by atoms with E-state index in [1.54, 1.807) is 37.3 Å². The second-order valence-electron chi connectivity index (χ2n) is 6.19. The number of carbonyl (C=O) groups excluding carboxylic acids is 2. The summed E-state index contributed by atoms with van der Waals surface area (Å²) in [5.74, 6) is -1.10. The van der Waals surface area contributed by atoms with Gasteiger partial charge in [0, 0.05) is 6.26 Å². The molecule has 3 rings (SSSR count). The topological polar surface area (TPSA) is 135 Å². The Kier molecular flexibility index (Phi) is 4.71. The molecule has 1 unspecified atom stereocenters. The molecule has 2 aromatic carbocycles. The lowest BCUT2D eigenvalue weighted by atomic mass is 10.1. The molecule has 1 atom stereocenters. The maximum atomic E-state index is 12.7. The maximum Gasteiger partial charge on any atom is 0.284 e. The molecule has 27 heavy (non-hydrogen) atoms. The number of fused-ring (bicyclic) bond motifs is 1. The van der Waals surface area contributed by atoms with Crippen LogP contribution in [0.15, 0.2) is 47.4 Å². The minimum absolute atomic E-state index is 0.0188. The molecule has 0 radical (unpaired) electrons. The first-order chi connectivity index (χ1) is 12.7. The van der Waals surface area contributed by atoms with Gasteiger partial charge in [0.05, 0.1) is 22.0 Å². The Morgan fingerprint density at radius 2 is 1.81 bits per heavy atom. The Balaban J connectivity index is 1.85. The molecule has 0 aliphatic heterocycles. The van der Waals surface area contributed by atoms with Crippen LogP contribution < -0.4 is 11.1 Å². The number of sulfone groups is 1. The largest absolute Gasteiger partial charge is 0.363 e. The van der Waals surface area contributed by atoms with E-state index in [9.17, 15) is 18.0 Å². The number of hydrogen-bond acceptors (Lipinski definition) is 5. The van der Waals surface area contributed by atoms with E-state index in [0.717, 1.165) is 11.8 Å². The van der Waals surface area contributed by atoms with Gasteiger partial charge in [-0.3, -0.25) is 9.59 Å². The third-order valence-electron chi connectivity index (χ3n) is 4.15. The lowest BCUT2D eigenvalue weighted by Crippen LogP contribution is -2.26. The van der Waals surface area contributed by atoms with Gasteiger partial charge in [-0.1, -0.05) is 18.2 Å². The Bertz CT molecular complexity index is 1130. The molecule has 140 valence electrons. The summed E-state index contributed by atoms with van der Waals surface area (Å²) in [7, 11) is -3.28. The average molecular weight is 386 g/mol. The molecule has 0 saturated heterocycles. The smallest absolute Gasteiger partial charge is 0.284 e. The molecule has 1 heterocycles. The number of primary amides is 1. The zero-order chi connectivity index (χ0) is 19.8. The Morgan fingerprint density at radius 1 is 1.15 bits per heavy atom. The number of rotatable bonds is 5. The van der Waals surface area contributed by atoms with Crippen molar-refractivity contribution in [3.8, 4) is 0 Å². The van der Waals surface area contributed by atoms with E-state index in [4.69, 9.17) is 5.73 Å². The third kappa shape index (κ3) is 3.82. The Labute approximate surface area is 155 Å². The normalized spacial score (nSPS) is 12.7. The van der Waals surface area contributed by atoms with Gasteiger partial charge < -0.3 is 16.0 Å². The number of nitrogens with one attached hydrogen (secondary N) is 2. The number of para-hydroxylation sites is 1. The Morgan fingerprint density at radius 3 is 2.41 bits per heavy atom. The molecule has 0 aliphatic rings. The van der Waals surface area contributed by atoms with Crippen LogP contribution in [-0.2, 0) is 9.84 Å². The second-order valence-corrected chi connectivity index (χ2v) is 8.20. The molecule has 0 aliphatic carbocycles. The number of amides is 2. The van der Waals surface area contributed by atoms with Gasteiger partial charge >= 0.3 is 0 Å². The van der Waals surface area contributed by atoms with Gasteiger partial charge in [-0.25, -0.2) is 13.4 Å². The van der Waals surface area contributed by atoms with E-state index < -0.39 is 15.7 Å². The minimum Gasteiger partial charge on any atom is -0.363 e. The van der Waals surface area contributed by atoms with Crippen LogP contribution in [0.3, 0.4) is 0 Å². The highest BCUT2D eigenvalue weighted by atomic mass is 32.2. The molecule has 8 nitrogen and oxygen atoms in total. The number of aromatic amines is 1. The Hall–Kier alpha value is -3.20. The summed E-state index contributed by atoms with van der Waals surface area (Å²) >= 11 is 0. The van der Waals surface area contributed by atoms with Crippen molar-refractivity contribution in [1.29, 1.82) is 0 Å². The summed E-state index contributed by atoms with van der Waals surface area (Å²) in [6, 6.07) is 10.9. The van der Waals surface area contributed by atoms with Crippen molar-refractivity contribution in [1.82, 2.24) is 15.3 Å². The van der Waals surface area contributed by atoms with Crippen LogP contribution in [0.4, 0.5) is 0 Å². The first-order valence-corrected chi connectivity index (χ1v) is 9.95. The molecule has 0 fully saturated rings. The van der Waals surface area contributed by atoms with E-state index in [2.05, 4.69) is 15.3 Å². The minimum atomic E-state index is -3.28. The molecule has 4 N–H and O–H groups in total. The zero-order valence-electron chi connectivity index (χ0n) is 14.7. The molecular formula is C18H18N4O4S. The average Bonchev–Trinajstić information content (AvgIpc) is 3.05. The predicted molar refractivity (Wildman–Crippen MR) is 100 cm³/mol. The van der Waals surface area contributed by atoms with Crippen molar-refractivity contribution >= 4 is 32.7 Å². The number of imidazole rings is 1. The quantitative estimate of drug-likeness (QED) is 0.611. The highest BCUT2D eigenvalue weighted by Crippen LogP contribution is 2.20. The van der Waals surface area contributed by atoms with Crippen LogP contribution in [0.25, 0.3) is 11.0 Å². The monoisotopic (exact) mass is 386 g/mol. The molecule has 0 bridgehead atoms. The number of carbonyl (C=O) groups is 2. The van der Waals surface area contributed by atoms with Crippen LogP contribution in [0.1, 0.15) is 39.5 Å². The van der Waals surface area contributed by atoms with Crippen molar-refractivity contribution in [2.24, 2.45) is 5.73 Å². The molecule has 9 heteroatoms. The van der Waals surface area contributed by atoms with Gasteiger partial charge in [-0.05, 0) is 36.8 Å². The highest BCUT2D eigenvalue weighted by molar-refractivity contribution is 7.90. The number of hydrogen-bond donors (Lipinski definition) is 3. The van der Waals surface area contributed by atoms with Gasteiger partial charge in [0.1, 0.15) is 5.52 Å². The lowest BCUT2D eigenvalue weighted by Gasteiger charge is -2.15. The van der Waals surface area contributed by atoms with E-state index in [1.807, 2.05) is 0 Å². The fraction of sp³-hybridized carbons (Fsp3) is 0.167. The lowest BCUT2D eigenvalue weighted by molar-refractivity contribution is 0.0939. The van der Waals surface area contributed by atoms with E-state index in [0.29, 0.717) is 16.6 Å². The fourth-order valence-electron chi connectivity index (χ4n) is 2.69. The number of H-pyrrole nitrogens is 1. The third-order valence-corrected chi connectivity index (χ3v) is 5.28. The van der Waals surface area contributed by atoms with Crippen LogP contribution in [0.2, 0.25) is 0 Å². The zero-order valence-corrected chi connectivity index (χ0v) is 15.5. The van der Waals surface area contributed by atoms with Crippen molar-refractivity contribution in [3.05, 3.63) is 59.4 Å². The number of nitrogens with zero attached hydrogens (tertiary/aromatic N) is 1. The number of benzene rings is 2. The van der Waals surface area contributed by atoms with Gasteiger partial charge in [-0.15, -0.1) is 0 Å². The van der Waals surface area contributed by atoms with Gasteiger partial charge in [0.2, 0.25) is 0 Å². The number of aromatic nitrogens is 2. The van der Waals surface area contributed by atoms with Crippen molar-refractivity contribution in [2.45, 2.75) is 17.9 Å². The summed E-state index contributed by atoms with van der Waals surface area (Å²) in [4.78, 5) is 31.0. The van der Waals surface area contributed by atoms with Crippen LogP contribution in [0.5, 0.6) is 0 Å². The van der Waals surface area contributed by atoms with Crippen molar-refractivity contribution in [3.63, 3.8) is 0 Å². The summed E-state index contributed by atoms with van der Waals surface area (Å²) in [5, 5.41) is 2.84. The van der Waals surface area contributed by atoms with Crippen molar-refractivity contribution in [2.75, 3.05) is 6.26 Å². The molecule has 2 amide bonds. The molecule has 1 aromatic heterocycles. The van der Waals surface area contributed by atoms with Crippen molar-refractivity contribution < 1.29 is 18.0 Å². The summed E-state index contributed by atoms with van der Waals surface area (Å²) < 4.78 is 23.1. The van der Waals surface area contributed by atoms with Gasteiger partial charge in [-0.2, -0.15) is 0 Å². The van der Waals surface area contributed by atoms with E-state index >= 15 is 0 Å². The molecular weight excluding hydrogens is 368 g/mol. The number of nitrogens with two attached hydrogens (primary N) is 1. The van der Waals surface area contributed by atoms with Crippen LogP contribution in [-0.4, -0.2) is 36.5 Å². The first-order valence-electron chi connectivity index (χ1n) is 8.06. The summed E-state index contributed by atoms with van der Waals surface area (Å²) in [5.41, 5.74) is 7.16. The van der Waals surface area contributed by atoms with E-state index in [1.165, 1.54) is 12.1 Å².